The summed E-state index contributed by atoms with van der Waals surface area (Å²) in [6, 6.07) is 5.59. The van der Waals surface area contributed by atoms with Crippen molar-refractivity contribution in [3.8, 4) is 0 Å². The quantitative estimate of drug-likeness (QED) is 0.342. The number of hydrogen-bond acceptors (Lipinski definition) is 3. The third-order valence-electron chi connectivity index (χ3n) is 3.91. The minimum absolute atomic E-state index is 0.00123. The Morgan fingerprint density at radius 1 is 1.45 bits per heavy atom. The molecule has 5 nitrogen and oxygen atoms in total. The molecule has 108 valence electrons. The van der Waals surface area contributed by atoms with Gasteiger partial charge in [-0.2, -0.15) is 0 Å². The SMILES string of the molecule is Cc1cc(NC(=O)C2(C(N)=NO)CCCC2)ccc1Br. The first-order chi connectivity index (χ1) is 9.49. The molecule has 0 atom stereocenters. The summed E-state index contributed by atoms with van der Waals surface area (Å²) in [4.78, 5) is 12.5. The van der Waals surface area contributed by atoms with Gasteiger partial charge in [-0.1, -0.05) is 33.9 Å². The van der Waals surface area contributed by atoms with Crippen LogP contribution >= 0.6 is 15.9 Å². The van der Waals surface area contributed by atoms with Gasteiger partial charge >= 0.3 is 0 Å². The van der Waals surface area contributed by atoms with Crippen LogP contribution in [0, 0.1) is 12.3 Å². The maximum absolute atomic E-state index is 12.5. The number of hydrogen-bond donors (Lipinski definition) is 3. The molecule has 0 spiro atoms. The maximum atomic E-state index is 12.5. The Hall–Kier alpha value is -1.56. The number of oxime groups is 1. The standard InChI is InChI=1S/C14H18BrN3O2/c1-9-8-10(4-5-11(9)15)17-13(19)14(12(16)18-20)6-2-3-7-14/h4-5,8,20H,2-3,6-7H2,1H3,(H2,16,18)(H,17,19). The van der Waals surface area contributed by atoms with E-state index in [1.165, 1.54) is 0 Å². The highest BCUT2D eigenvalue weighted by Crippen LogP contribution is 2.39. The first-order valence-corrected chi connectivity index (χ1v) is 7.34. The van der Waals surface area contributed by atoms with Gasteiger partial charge in [0.1, 0.15) is 5.41 Å². The number of nitrogens with one attached hydrogen (secondary N) is 1. The summed E-state index contributed by atoms with van der Waals surface area (Å²) in [6.45, 7) is 1.95. The maximum Gasteiger partial charge on any atom is 0.238 e. The van der Waals surface area contributed by atoms with Gasteiger partial charge < -0.3 is 16.3 Å². The fraction of sp³-hybridized carbons (Fsp3) is 0.429. The second kappa shape index (κ2) is 5.83. The van der Waals surface area contributed by atoms with Crippen LogP contribution in [0.4, 0.5) is 5.69 Å². The van der Waals surface area contributed by atoms with Crippen LogP contribution in [-0.4, -0.2) is 17.0 Å². The van der Waals surface area contributed by atoms with Gasteiger partial charge in [0.05, 0.1) is 0 Å². The smallest absolute Gasteiger partial charge is 0.238 e. The van der Waals surface area contributed by atoms with Crippen molar-refractivity contribution >= 4 is 33.4 Å². The van der Waals surface area contributed by atoms with Crippen LogP contribution in [0.25, 0.3) is 0 Å². The Bertz CT molecular complexity index is 551. The second-order valence-electron chi connectivity index (χ2n) is 5.19. The number of halogens is 1. The number of nitrogens with zero attached hydrogens (tertiary/aromatic N) is 1. The van der Waals surface area contributed by atoms with Crippen molar-refractivity contribution in [2.45, 2.75) is 32.6 Å². The Morgan fingerprint density at radius 3 is 2.65 bits per heavy atom. The van der Waals surface area contributed by atoms with E-state index in [-0.39, 0.29) is 11.7 Å². The molecule has 6 heteroatoms. The normalized spacial score (nSPS) is 18.0. The van der Waals surface area contributed by atoms with E-state index in [4.69, 9.17) is 10.9 Å². The van der Waals surface area contributed by atoms with Crippen LogP contribution in [0.5, 0.6) is 0 Å². The van der Waals surface area contributed by atoms with Crippen LogP contribution in [0.3, 0.4) is 0 Å². The number of amides is 1. The number of amidine groups is 1. The van der Waals surface area contributed by atoms with Crippen molar-refractivity contribution in [2.75, 3.05) is 5.32 Å². The third kappa shape index (κ3) is 2.65. The molecule has 0 saturated heterocycles. The van der Waals surface area contributed by atoms with E-state index in [0.29, 0.717) is 18.5 Å². The fourth-order valence-corrected chi connectivity index (χ4v) is 2.89. The molecule has 1 amide bonds. The highest BCUT2D eigenvalue weighted by Gasteiger charge is 2.45. The summed E-state index contributed by atoms with van der Waals surface area (Å²) in [7, 11) is 0. The summed E-state index contributed by atoms with van der Waals surface area (Å²) in [6.07, 6.45) is 3.04. The molecule has 0 bridgehead atoms. The molecule has 1 aliphatic rings. The van der Waals surface area contributed by atoms with Crippen LogP contribution in [0.2, 0.25) is 0 Å². The molecule has 20 heavy (non-hydrogen) atoms. The largest absolute Gasteiger partial charge is 0.409 e. The van der Waals surface area contributed by atoms with E-state index in [2.05, 4.69) is 26.4 Å². The Morgan fingerprint density at radius 2 is 2.10 bits per heavy atom. The second-order valence-corrected chi connectivity index (χ2v) is 6.05. The van der Waals surface area contributed by atoms with Gasteiger partial charge in [-0.3, -0.25) is 4.79 Å². The number of anilines is 1. The van der Waals surface area contributed by atoms with Crippen molar-refractivity contribution < 1.29 is 10.0 Å². The first kappa shape index (κ1) is 14.8. The van der Waals surface area contributed by atoms with Gasteiger partial charge in [0.15, 0.2) is 5.84 Å². The summed E-state index contributed by atoms with van der Waals surface area (Å²) < 4.78 is 0.988. The molecule has 0 aromatic heterocycles. The molecule has 0 unspecified atom stereocenters. The van der Waals surface area contributed by atoms with E-state index in [0.717, 1.165) is 22.9 Å². The number of aryl methyl sites for hydroxylation is 1. The predicted octanol–water partition coefficient (Wildman–Crippen LogP) is 3.00. The highest BCUT2D eigenvalue weighted by atomic mass is 79.9. The van der Waals surface area contributed by atoms with Crippen LogP contribution in [-0.2, 0) is 4.79 Å². The number of carbonyl (C=O) groups is 1. The lowest BCUT2D eigenvalue weighted by Gasteiger charge is -2.26. The van der Waals surface area contributed by atoms with Crippen LogP contribution in [0.15, 0.2) is 27.8 Å². The van der Waals surface area contributed by atoms with Gasteiger partial charge in [0, 0.05) is 10.2 Å². The van der Waals surface area contributed by atoms with E-state index >= 15 is 0 Å². The fourth-order valence-electron chi connectivity index (χ4n) is 2.65. The minimum atomic E-state index is -0.879. The van der Waals surface area contributed by atoms with Crippen molar-refractivity contribution in [3.05, 3.63) is 28.2 Å². The lowest BCUT2D eigenvalue weighted by atomic mass is 9.83. The molecule has 4 N–H and O–H groups in total. The van der Waals surface area contributed by atoms with E-state index in [1.54, 1.807) is 0 Å². The van der Waals surface area contributed by atoms with Gasteiger partial charge in [-0.25, -0.2) is 0 Å². The van der Waals surface area contributed by atoms with Crippen LogP contribution < -0.4 is 11.1 Å². The monoisotopic (exact) mass is 339 g/mol. The average Bonchev–Trinajstić information content (AvgIpc) is 2.93. The van der Waals surface area contributed by atoms with E-state index in [1.807, 2.05) is 25.1 Å². The van der Waals surface area contributed by atoms with Crippen molar-refractivity contribution in [1.29, 1.82) is 0 Å². The zero-order valence-corrected chi connectivity index (χ0v) is 12.9. The van der Waals surface area contributed by atoms with E-state index < -0.39 is 5.41 Å². The van der Waals surface area contributed by atoms with E-state index in [9.17, 15) is 4.79 Å². The van der Waals surface area contributed by atoms with Gasteiger partial charge in [0.25, 0.3) is 0 Å². The van der Waals surface area contributed by atoms with Crippen molar-refractivity contribution in [3.63, 3.8) is 0 Å². The Labute approximate surface area is 126 Å². The summed E-state index contributed by atoms with van der Waals surface area (Å²) in [5.74, 6) is -0.201. The van der Waals surface area contributed by atoms with Crippen LogP contribution in [0.1, 0.15) is 31.2 Å². The molecule has 1 aromatic carbocycles. The van der Waals surface area contributed by atoms with Gasteiger partial charge in [0.2, 0.25) is 5.91 Å². The number of benzene rings is 1. The molecular weight excluding hydrogens is 322 g/mol. The molecule has 1 saturated carbocycles. The third-order valence-corrected chi connectivity index (χ3v) is 4.80. The zero-order valence-electron chi connectivity index (χ0n) is 11.3. The molecular formula is C14H18BrN3O2. The first-order valence-electron chi connectivity index (χ1n) is 6.55. The number of carbonyl (C=O) groups excluding carboxylic acids is 1. The Kier molecular flexibility index (Phi) is 4.32. The van der Waals surface area contributed by atoms with Crippen molar-refractivity contribution in [2.24, 2.45) is 16.3 Å². The lowest BCUT2D eigenvalue weighted by Crippen LogP contribution is -2.45. The van der Waals surface area contributed by atoms with Crippen molar-refractivity contribution in [1.82, 2.24) is 0 Å². The molecule has 2 rings (SSSR count). The molecule has 1 fully saturated rings. The summed E-state index contributed by atoms with van der Waals surface area (Å²) in [5, 5.41) is 14.9. The number of rotatable bonds is 3. The van der Waals surface area contributed by atoms with Gasteiger partial charge in [-0.15, -0.1) is 0 Å². The summed E-state index contributed by atoms with van der Waals surface area (Å²) in [5.41, 5.74) is 6.62. The zero-order chi connectivity index (χ0) is 14.8. The molecule has 0 radical (unpaired) electrons. The average molecular weight is 340 g/mol. The number of nitrogens with two attached hydrogens (primary N) is 1. The lowest BCUT2D eigenvalue weighted by molar-refractivity contribution is -0.122. The molecule has 0 aliphatic heterocycles. The molecule has 1 aromatic rings. The topological polar surface area (TPSA) is 87.7 Å². The molecule has 1 aliphatic carbocycles. The minimum Gasteiger partial charge on any atom is -0.409 e. The highest BCUT2D eigenvalue weighted by molar-refractivity contribution is 9.10. The summed E-state index contributed by atoms with van der Waals surface area (Å²) >= 11 is 3.42. The molecule has 0 heterocycles. The van der Waals surface area contributed by atoms with Gasteiger partial charge in [-0.05, 0) is 43.5 Å². The Balaban J connectivity index is 2.23. The predicted molar refractivity (Wildman–Crippen MR) is 81.8 cm³/mol.